The van der Waals surface area contributed by atoms with Crippen molar-refractivity contribution in [3.05, 3.63) is 29.8 Å². The van der Waals surface area contributed by atoms with Crippen LogP contribution in [0.2, 0.25) is 0 Å². The van der Waals surface area contributed by atoms with Crippen molar-refractivity contribution in [2.24, 2.45) is 5.92 Å². The first-order valence-corrected chi connectivity index (χ1v) is 6.74. The van der Waals surface area contributed by atoms with Crippen molar-refractivity contribution in [3.63, 3.8) is 0 Å². The summed E-state index contributed by atoms with van der Waals surface area (Å²) in [6, 6.07) is 7.49. The molecule has 0 radical (unpaired) electrons. The average molecular weight is 276 g/mol. The van der Waals surface area contributed by atoms with Crippen LogP contribution in [-0.4, -0.2) is 36.5 Å². The molecule has 2 rings (SSSR count). The molecule has 1 aliphatic heterocycles. The zero-order chi connectivity index (χ0) is 14.5. The monoisotopic (exact) mass is 276 g/mol. The van der Waals surface area contributed by atoms with E-state index in [0.29, 0.717) is 31.7 Å². The number of piperidine rings is 1. The molecule has 0 aromatic heterocycles. The Labute approximate surface area is 118 Å². The Hall–Kier alpha value is -2.04. The summed E-state index contributed by atoms with van der Waals surface area (Å²) in [5.41, 5.74) is 1.13. The van der Waals surface area contributed by atoms with Gasteiger partial charge in [0, 0.05) is 25.0 Å². The van der Waals surface area contributed by atoms with Gasteiger partial charge in [0.2, 0.25) is 0 Å². The highest BCUT2D eigenvalue weighted by molar-refractivity contribution is 5.78. The summed E-state index contributed by atoms with van der Waals surface area (Å²) in [4.78, 5) is 24.3. The third kappa shape index (κ3) is 3.73. The number of benzene rings is 1. The maximum atomic E-state index is 12.0. The molecule has 1 aliphatic rings. The Morgan fingerprint density at radius 1 is 1.25 bits per heavy atom. The first kappa shape index (κ1) is 14.4. The second kappa shape index (κ2) is 6.41. The van der Waals surface area contributed by atoms with Crippen LogP contribution in [0.15, 0.2) is 24.3 Å². The fraction of sp³-hybridized carbons (Fsp3) is 0.467. The summed E-state index contributed by atoms with van der Waals surface area (Å²) in [5.74, 6) is -0.902. The molecule has 1 amide bonds. The highest BCUT2D eigenvalue weighted by Gasteiger charge is 2.23. The molecule has 0 bridgehead atoms. The smallest absolute Gasteiger partial charge is 0.260 e. The minimum atomic E-state index is -1.02. The number of aryl methyl sites for hydroxylation is 1. The number of carbonyl (C=O) groups is 2. The Morgan fingerprint density at radius 3 is 2.40 bits per heavy atom. The predicted octanol–water partition coefficient (Wildman–Crippen LogP) is 0.362. The molecule has 5 heteroatoms. The lowest BCUT2D eigenvalue weighted by atomic mass is 9.97. The van der Waals surface area contributed by atoms with E-state index in [0.717, 1.165) is 5.56 Å². The SMILES string of the molecule is Cc1ccc(OCC(=O)N2CCC(C(=O)[O-])CC2)cc1. The van der Waals surface area contributed by atoms with Crippen molar-refractivity contribution in [2.45, 2.75) is 19.8 Å². The number of carboxylic acids is 1. The van der Waals surface area contributed by atoms with Crippen molar-refractivity contribution < 1.29 is 19.4 Å². The van der Waals surface area contributed by atoms with Crippen molar-refractivity contribution in [1.29, 1.82) is 0 Å². The van der Waals surface area contributed by atoms with Gasteiger partial charge in [0.25, 0.3) is 5.91 Å². The zero-order valence-electron chi connectivity index (χ0n) is 11.5. The maximum Gasteiger partial charge on any atom is 0.260 e. The topological polar surface area (TPSA) is 69.7 Å². The van der Waals surface area contributed by atoms with E-state index in [1.165, 1.54) is 0 Å². The first-order chi connectivity index (χ1) is 9.56. The molecule has 1 heterocycles. The van der Waals surface area contributed by atoms with E-state index < -0.39 is 11.9 Å². The Bertz CT molecular complexity index is 475. The molecule has 5 nitrogen and oxygen atoms in total. The van der Waals surface area contributed by atoms with E-state index in [2.05, 4.69) is 0 Å². The fourth-order valence-corrected chi connectivity index (χ4v) is 2.24. The van der Waals surface area contributed by atoms with Gasteiger partial charge < -0.3 is 19.5 Å². The molecule has 1 aromatic carbocycles. The third-order valence-corrected chi connectivity index (χ3v) is 3.56. The summed E-state index contributed by atoms with van der Waals surface area (Å²) < 4.78 is 5.43. The molecule has 0 aliphatic carbocycles. The number of amides is 1. The number of aliphatic carboxylic acids is 1. The Balaban J connectivity index is 1.78. The summed E-state index contributed by atoms with van der Waals surface area (Å²) >= 11 is 0. The molecule has 0 atom stereocenters. The summed E-state index contributed by atoms with van der Waals surface area (Å²) in [7, 11) is 0. The standard InChI is InChI=1S/C15H19NO4/c1-11-2-4-13(5-3-11)20-10-14(17)16-8-6-12(7-9-16)15(18)19/h2-5,12H,6-10H2,1H3,(H,18,19)/p-1. The van der Waals surface area contributed by atoms with Gasteiger partial charge in [-0.2, -0.15) is 0 Å². The second-order valence-electron chi connectivity index (χ2n) is 5.08. The molecule has 20 heavy (non-hydrogen) atoms. The zero-order valence-corrected chi connectivity index (χ0v) is 11.5. The molecule has 0 spiro atoms. The minimum absolute atomic E-state index is 0.0148. The number of likely N-dealkylation sites (tertiary alicyclic amines) is 1. The van der Waals surface area contributed by atoms with Crippen LogP contribution < -0.4 is 9.84 Å². The molecule has 108 valence electrons. The molecular weight excluding hydrogens is 258 g/mol. The van der Waals surface area contributed by atoms with Crippen LogP contribution in [0.5, 0.6) is 5.75 Å². The van der Waals surface area contributed by atoms with Gasteiger partial charge in [-0.25, -0.2) is 0 Å². The van der Waals surface area contributed by atoms with Crippen molar-refractivity contribution in [1.82, 2.24) is 4.90 Å². The normalized spacial score (nSPS) is 15.9. The van der Waals surface area contributed by atoms with E-state index in [1.54, 1.807) is 4.90 Å². The van der Waals surface area contributed by atoms with Gasteiger partial charge in [0.05, 0.1) is 0 Å². The molecule has 0 N–H and O–H groups in total. The van der Waals surface area contributed by atoms with E-state index in [-0.39, 0.29) is 12.5 Å². The van der Waals surface area contributed by atoms with Crippen molar-refractivity contribution in [3.8, 4) is 5.75 Å². The number of carbonyl (C=O) groups excluding carboxylic acids is 2. The highest BCUT2D eigenvalue weighted by atomic mass is 16.5. The number of hydrogen-bond acceptors (Lipinski definition) is 4. The van der Waals surface area contributed by atoms with Crippen LogP contribution >= 0.6 is 0 Å². The molecule has 0 unspecified atom stereocenters. The number of ether oxygens (including phenoxy) is 1. The molecule has 1 saturated heterocycles. The van der Waals surface area contributed by atoms with Crippen molar-refractivity contribution >= 4 is 11.9 Å². The van der Waals surface area contributed by atoms with Gasteiger partial charge in [0.1, 0.15) is 5.75 Å². The highest BCUT2D eigenvalue weighted by Crippen LogP contribution is 2.17. The van der Waals surface area contributed by atoms with E-state index >= 15 is 0 Å². The van der Waals surface area contributed by atoms with Gasteiger partial charge in [-0.15, -0.1) is 0 Å². The lowest BCUT2D eigenvalue weighted by Crippen LogP contribution is -2.45. The van der Waals surface area contributed by atoms with E-state index in [1.807, 2.05) is 31.2 Å². The van der Waals surface area contributed by atoms with E-state index in [9.17, 15) is 14.7 Å². The van der Waals surface area contributed by atoms with Crippen LogP contribution in [-0.2, 0) is 9.59 Å². The van der Waals surface area contributed by atoms with Gasteiger partial charge >= 0.3 is 0 Å². The first-order valence-electron chi connectivity index (χ1n) is 6.74. The number of carboxylic acid groups (broad SMARTS) is 1. The number of hydrogen-bond donors (Lipinski definition) is 0. The Morgan fingerprint density at radius 2 is 1.85 bits per heavy atom. The van der Waals surface area contributed by atoms with Gasteiger partial charge in [-0.3, -0.25) is 4.79 Å². The lowest BCUT2D eigenvalue weighted by Gasteiger charge is -2.32. The van der Waals surface area contributed by atoms with Crippen LogP contribution in [0.3, 0.4) is 0 Å². The van der Waals surface area contributed by atoms with Crippen LogP contribution in [0.4, 0.5) is 0 Å². The molecular formula is C15H18NO4-. The average Bonchev–Trinajstić information content (AvgIpc) is 2.46. The van der Waals surface area contributed by atoms with Gasteiger partial charge in [-0.05, 0) is 31.9 Å². The number of rotatable bonds is 4. The quantitative estimate of drug-likeness (QED) is 0.796. The summed E-state index contributed by atoms with van der Waals surface area (Å²) in [6.45, 7) is 2.87. The maximum absolute atomic E-state index is 12.0. The van der Waals surface area contributed by atoms with Crippen LogP contribution in [0.25, 0.3) is 0 Å². The Kier molecular flexibility index (Phi) is 4.61. The van der Waals surface area contributed by atoms with Gasteiger partial charge in [0.15, 0.2) is 6.61 Å². The van der Waals surface area contributed by atoms with Crippen LogP contribution in [0, 0.1) is 12.8 Å². The number of nitrogens with zero attached hydrogens (tertiary/aromatic N) is 1. The summed E-state index contributed by atoms with van der Waals surface area (Å²) in [6.07, 6.45) is 0.914. The van der Waals surface area contributed by atoms with E-state index in [4.69, 9.17) is 4.74 Å². The van der Waals surface area contributed by atoms with Gasteiger partial charge in [-0.1, -0.05) is 17.7 Å². The molecule has 1 aromatic rings. The minimum Gasteiger partial charge on any atom is -0.550 e. The largest absolute Gasteiger partial charge is 0.550 e. The van der Waals surface area contributed by atoms with Crippen molar-refractivity contribution in [2.75, 3.05) is 19.7 Å². The predicted molar refractivity (Wildman–Crippen MR) is 71.0 cm³/mol. The van der Waals surface area contributed by atoms with Crippen LogP contribution in [0.1, 0.15) is 18.4 Å². The summed E-state index contributed by atoms with van der Waals surface area (Å²) in [5, 5.41) is 10.7. The fourth-order valence-electron chi connectivity index (χ4n) is 2.24. The lowest BCUT2D eigenvalue weighted by molar-refractivity contribution is -0.312. The third-order valence-electron chi connectivity index (χ3n) is 3.56. The second-order valence-corrected chi connectivity index (χ2v) is 5.08. The molecule has 0 saturated carbocycles. The molecule has 1 fully saturated rings.